The molecule has 0 aliphatic carbocycles. The van der Waals surface area contributed by atoms with E-state index in [2.05, 4.69) is 41.5 Å². The first-order valence-corrected chi connectivity index (χ1v) is 29.1. The van der Waals surface area contributed by atoms with E-state index in [-0.39, 0.29) is 31.1 Å². The Balaban J connectivity index is 4.23. The summed E-state index contributed by atoms with van der Waals surface area (Å²) in [7, 11) is 0. The molecule has 0 saturated carbocycles. The van der Waals surface area contributed by atoms with E-state index in [4.69, 9.17) is 14.2 Å². The molecule has 0 N–H and O–H groups in total. The van der Waals surface area contributed by atoms with Gasteiger partial charge in [-0.3, -0.25) is 14.4 Å². The highest BCUT2D eigenvalue weighted by atomic mass is 16.6. The van der Waals surface area contributed by atoms with Crippen molar-refractivity contribution in [1.82, 2.24) is 0 Å². The Morgan fingerprint density at radius 3 is 0.662 bits per heavy atom. The van der Waals surface area contributed by atoms with Crippen molar-refractivity contribution in [2.24, 2.45) is 17.8 Å². The predicted octanol–water partition coefficient (Wildman–Crippen LogP) is 19.1. The lowest BCUT2D eigenvalue weighted by molar-refractivity contribution is -0.167. The van der Waals surface area contributed by atoms with Gasteiger partial charge in [0.2, 0.25) is 0 Å². The third kappa shape index (κ3) is 53.2. The van der Waals surface area contributed by atoms with Crippen molar-refractivity contribution >= 4 is 17.9 Å². The van der Waals surface area contributed by atoms with E-state index in [1.165, 1.54) is 205 Å². The molecular formula is C59H114O6. The van der Waals surface area contributed by atoms with Gasteiger partial charge in [-0.15, -0.1) is 0 Å². The molecule has 0 aliphatic rings. The van der Waals surface area contributed by atoms with E-state index >= 15 is 0 Å². The monoisotopic (exact) mass is 919 g/mol. The van der Waals surface area contributed by atoms with Crippen molar-refractivity contribution in [1.29, 1.82) is 0 Å². The first-order chi connectivity index (χ1) is 31.6. The minimum absolute atomic E-state index is 0.0638. The van der Waals surface area contributed by atoms with Crippen molar-refractivity contribution < 1.29 is 28.6 Å². The molecule has 0 aromatic rings. The molecule has 0 rings (SSSR count). The Morgan fingerprint density at radius 1 is 0.262 bits per heavy atom. The lowest BCUT2D eigenvalue weighted by Gasteiger charge is -2.18. The summed E-state index contributed by atoms with van der Waals surface area (Å²) in [4.78, 5) is 38.1. The fourth-order valence-corrected chi connectivity index (χ4v) is 9.00. The molecule has 0 bridgehead atoms. The van der Waals surface area contributed by atoms with Gasteiger partial charge in [-0.1, -0.05) is 286 Å². The number of hydrogen-bond acceptors (Lipinski definition) is 6. The SMILES string of the molecule is CC(C)CCCCCCCCCCCCCCCCCCCCC(=O)OC[C@H](COC(=O)CCCCCCCCCCCCCC(C)C)OC(=O)CCCCCCCCCCCC(C)C. The van der Waals surface area contributed by atoms with Crippen molar-refractivity contribution in [2.75, 3.05) is 13.2 Å². The van der Waals surface area contributed by atoms with Crippen LogP contribution >= 0.6 is 0 Å². The van der Waals surface area contributed by atoms with Crippen LogP contribution in [-0.4, -0.2) is 37.2 Å². The highest BCUT2D eigenvalue weighted by molar-refractivity contribution is 5.71. The molecule has 0 saturated heterocycles. The smallest absolute Gasteiger partial charge is 0.306 e. The van der Waals surface area contributed by atoms with Crippen LogP contribution in [-0.2, 0) is 28.6 Å². The van der Waals surface area contributed by atoms with Gasteiger partial charge in [0.05, 0.1) is 0 Å². The van der Waals surface area contributed by atoms with E-state index in [0.717, 1.165) is 75.5 Å². The fraction of sp³-hybridized carbons (Fsp3) is 0.949. The maximum atomic E-state index is 12.8. The third-order valence-electron chi connectivity index (χ3n) is 13.4. The number of carbonyl (C=O) groups is 3. The van der Waals surface area contributed by atoms with Crippen LogP contribution in [0.5, 0.6) is 0 Å². The van der Waals surface area contributed by atoms with E-state index in [1.54, 1.807) is 0 Å². The number of hydrogen-bond donors (Lipinski definition) is 0. The number of esters is 3. The third-order valence-corrected chi connectivity index (χ3v) is 13.4. The molecule has 0 amide bonds. The zero-order valence-electron chi connectivity index (χ0n) is 44.8. The second-order valence-corrected chi connectivity index (χ2v) is 21.7. The molecule has 0 unspecified atom stereocenters. The molecule has 1 atom stereocenters. The van der Waals surface area contributed by atoms with Gasteiger partial charge < -0.3 is 14.2 Å². The normalized spacial score (nSPS) is 12.1. The van der Waals surface area contributed by atoms with Crippen LogP contribution in [0.3, 0.4) is 0 Å². The largest absolute Gasteiger partial charge is 0.462 e. The van der Waals surface area contributed by atoms with E-state index in [0.29, 0.717) is 19.3 Å². The Bertz CT molecular complexity index is 1010. The molecule has 0 heterocycles. The summed E-state index contributed by atoms with van der Waals surface area (Å²) in [5.74, 6) is 1.65. The summed E-state index contributed by atoms with van der Waals surface area (Å²) in [6.07, 6.45) is 52.5. The van der Waals surface area contributed by atoms with Crippen LogP contribution in [0.1, 0.15) is 324 Å². The van der Waals surface area contributed by atoms with E-state index < -0.39 is 6.10 Å². The van der Waals surface area contributed by atoms with Gasteiger partial charge in [-0.05, 0) is 37.0 Å². The molecule has 6 nitrogen and oxygen atoms in total. The van der Waals surface area contributed by atoms with Gasteiger partial charge in [0.1, 0.15) is 13.2 Å². The minimum atomic E-state index is -0.763. The number of carbonyl (C=O) groups excluding carboxylic acids is 3. The van der Waals surface area contributed by atoms with Crippen LogP contribution in [0, 0.1) is 17.8 Å². The molecule has 386 valence electrons. The molecule has 65 heavy (non-hydrogen) atoms. The average molecular weight is 920 g/mol. The Morgan fingerprint density at radius 2 is 0.446 bits per heavy atom. The highest BCUT2D eigenvalue weighted by Gasteiger charge is 2.19. The first kappa shape index (κ1) is 63.4. The van der Waals surface area contributed by atoms with Crippen molar-refractivity contribution in [3.8, 4) is 0 Å². The number of rotatable bonds is 52. The summed E-state index contributed by atoms with van der Waals surface area (Å²) in [6.45, 7) is 13.7. The molecule has 0 aromatic heterocycles. The van der Waals surface area contributed by atoms with Crippen molar-refractivity contribution in [2.45, 2.75) is 330 Å². The summed E-state index contributed by atoms with van der Waals surface area (Å²) in [5.41, 5.74) is 0. The lowest BCUT2D eigenvalue weighted by atomic mass is 10.0. The molecule has 0 radical (unpaired) electrons. The van der Waals surface area contributed by atoms with Gasteiger partial charge in [-0.25, -0.2) is 0 Å². The van der Waals surface area contributed by atoms with Crippen LogP contribution in [0.2, 0.25) is 0 Å². The quantitative estimate of drug-likeness (QED) is 0.0344. The van der Waals surface area contributed by atoms with Crippen molar-refractivity contribution in [3.05, 3.63) is 0 Å². The van der Waals surface area contributed by atoms with Crippen molar-refractivity contribution in [3.63, 3.8) is 0 Å². The fourth-order valence-electron chi connectivity index (χ4n) is 9.00. The molecule has 0 aromatic carbocycles. The van der Waals surface area contributed by atoms with Crippen LogP contribution < -0.4 is 0 Å². The number of ether oxygens (including phenoxy) is 3. The zero-order chi connectivity index (χ0) is 47.7. The lowest BCUT2D eigenvalue weighted by Crippen LogP contribution is -2.30. The predicted molar refractivity (Wildman–Crippen MR) is 279 cm³/mol. The Hall–Kier alpha value is -1.59. The van der Waals surface area contributed by atoms with Gasteiger partial charge in [0.25, 0.3) is 0 Å². The van der Waals surface area contributed by atoms with E-state index in [1.807, 2.05) is 0 Å². The van der Waals surface area contributed by atoms with Gasteiger partial charge in [0.15, 0.2) is 6.10 Å². The maximum Gasteiger partial charge on any atom is 0.306 e. The standard InChI is InChI=1S/C59H114O6/c1-53(2)45-39-33-27-21-16-13-11-9-7-8-10-12-14-18-24-30-36-42-48-57(60)63-51-56(65-59(62)50-44-38-32-26-20-23-29-35-41-47-55(5)6)52-64-58(61)49-43-37-31-25-19-15-17-22-28-34-40-46-54(3)4/h53-56H,7-52H2,1-6H3/t56-/m1/s1. The summed E-state index contributed by atoms with van der Waals surface area (Å²) in [6, 6.07) is 0. The average Bonchev–Trinajstić information content (AvgIpc) is 3.26. The van der Waals surface area contributed by atoms with E-state index in [9.17, 15) is 14.4 Å². The van der Waals surface area contributed by atoms with Gasteiger partial charge in [-0.2, -0.15) is 0 Å². The first-order valence-electron chi connectivity index (χ1n) is 29.1. The summed E-state index contributed by atoms with van der Waals surface area (Å²) >= 11 is 0. The molecule has 6 heteroatoms. The second kappa shape index (κ2) is 50.3. The summed E-state index contributed by atoms with van der Waals surface area (Å²) < 4.78 is 16.9. The van der Waals surface area contributed by atoms with Crippen LogP contribution in [0.25, 0.3) is 0 Å². The van der Waals surface area contributed by atoms with Crippen LogP contribution in [0.15, 0.2) is 0 Å². The number of unbranched alkanes of at least 4 members (excludes halogenated alkanes) is 35. The molecule has 0 aliphatic heterocycles. The summed E-state index contributed by atoms with van der Waals surface area (Å²) in [5, 5.41) is 0. The zero-order valence-corrected chi connectivity index (χ0v) is 44.8. The Kier molecular flexibility index (Phi) is 49.1. The highest BCUT2D eigenvalue weighted by Crippen LogP contribution is 2.18. The maximum absolute atomic E-state index is 12.8. The second-order valence-electron chi connectivity index (χ2n) is 21.7. The minimum Gasteiger partial charge on any atom is -0.462 e. The molecule has 0 spiro atoms. The van der Waals surface area contributed by atoms with Gasteiger partial charge in [0, 0.05) is 19.3 Å². The topological polar surface area (TPSA) is 78.9 Å². The van der Waals surface area contributed by atoms with Gasteiger partial charge >= 0.3 is 17.9 Å². The van der Waals surface area contributed by atoms with Crippen LogP contribution in [0.4, 0.5) is 0 Å². The Labute approximate surface area is 406 Å². The molecule has 0 fully saturated rings. The molecular weight excluding hydrogens is 805 g/mol.